The van der Waals surface area contributed by atoms with E-state index in [0.717, 1.165) is 19.4 Å². The Bertz CT molecular complexity index is 369. The average Bonchev–Trinajstić information content (AvgIpc) is 3.02. The van der Waals surface area contributed by atoms with E-state index in [-0.39, 0.29) is 11.8 Å². The molecule has 2 fully saturated rings. The Morgan fingerprint density at radius 2 is 1.90 bits per heavy atom. The molecule has 1 amide bonds. The molecule has 5 atom stereocenters. The van der Waals surface area contributed by atoms with Crippen molar-refractivity contribution in [2.45, 2.75) is 52.4 Å². The molecule has 0 aromatic heterocycles. The molecule has 2 aliphatic rings. The second-order valence-corrected chi connectivity index (χ2v) is 6.71. The van der Waals surface area contributed by atoms with Gasteiger partial charge in [-0.05, 0) is 37.0 Å². The molecule has 0 radical (unpaired) electrons. The largest absolute Gasteiger partial charge is 0.481 e. The maximum atomic E-state index is 12.3. The van der Waals surface area contributed by atoms with Crippen molar-refractivity contribution in [3.63, 3.8) is 0 Å². The quantitative estimate of drug-likeness (QED) is 0.814. The van der Waals surface area contributed by atoms with Crippen LogP contribution in [0.1, 0.15) is 52.4 Å². The number of carbonyl (C=O) groups excluding carboxylic acids is 1. The van der Waals surface area contributed by atoms with Crippen molar-refractivity contribution in [1.29, 1.82) is 0 Å². The topological polar surface area (TPSA) is 66.4 Å². The van der Waals surface area contributed by atoms with Crippen molar-refractivity contribution in [3.8, 4) is 0 Å². The molecule has 0 aromatic rings. The molecule has 2 saturated carbocycles. The molecule has 20 heavy (non-hydrogen) atoms. The first-order valence-corrected chi connectivity index (χ1v) is 8.03. The van der Waals surface area contributed by atoms with Crippen molar-refractivity contribution in [3.05, 3.63) is 0 Å². The van der Waals surface area contributed by atoms with E-state index in [1.807, 2.05) is 0 Å². The molecule has 2 rings (SSSR count). The van der Waals surface area contributed by atoms with Gasteiger partial charge in [0.25, 0.3) is 0 Å². The molecule has 114 valence electrons. The lowest BCUT2D eigenvalue weighted by molar-refractivity contribution is -0.146. The Hall–Kier alpha value is -1.06. The number of nitrogens with one attached hydrogen (secondary N) is 1. The van der Waals surface area contributed by atoms with Crippen LogP contribution >= 0.6 is 0 Å². The van der Waals surface area contributed by atoms with E-state index in [1.54, 1.807) is 0 Å². The molecule has 0 saturated heterocycles. The molecule has 2 N–H and O–H groups in total. The van der Waals surface area contributed by atoms with E-state index < -0.39 is 11.9 Å². The van der Waals surface area contributed by atoms with Crippen LogP contribution in [0.3, 0.4) is 0 Å². The Balaban J connectivity index is 1.88. The molecule has 4 heteroatoms. The van der Waals surface area contributed by atoms with Gasteiger partial charge in [-0.1, -0.05) is 33.1 Å². The highest BCUT2D eigenvalue weighted by Crippen LogP contribution is 2.38. The minimum absolute atomic E-state index is 0.0348. The molecule has 3 unspecified atom stereocenters. The van der Waals surface area contributed by atoms with Gasteiger partial charge in [0.15, 0.2) is 0 Å². The smallest absolute Gasteiger partial charge is 0.307 e. The number of carboxylic acids is 1. The fourth-order valence-electron chi connectivity index (χ4n) is 3.93. The van der Waals surface area contributed by atoms with Crippen molar-refractivity contribution < 1.29 is 14.7 Å². The highest BCUT2D eigenvalue weighted by Gasteiger charge is 2.42. The van der Waals surface area contributed by atoms with Gasteiger partial charge in [0.05, 0.1) is 11.8 Å². The Kier molecular flexibility index (Phi) is 5.06. The summed E-state index contributed by atoms with van der Waals surface area (Å²) >= 11 is 0. The summed E-state index contributed by atoms with van der Waals surface area (Å²) < 4.78 is 0. The van der Waals surface area contributed by atoms with Gasteiger partial charge in [0.1, 0.15) is 0 Å². The zero-order chi connectivity index (χ0) is 14.7. The van der Waals surface area contributed by atoms with Crippen LogP contribution < -0.4 is 5.32 Å². The Labute approximate surface area is 121 Å². The second-order valence-electron chi connectivity index (χ2n) is 6.71. The fourth-order valence-corrected chi connectivity index (χ4v) is 3.93. The highest BCUT2D eigenvalue weighted by atomic mass is 16.4. The van der Waals surface area contributed by atoms with Crippen LogP contribution in [-0.4, -0.2) is 23.5 Å². The van der Waals surface area contributed by atoms with Crippen molar-refractivity contribution >= 4 is 11.9 Å². The molecule has 0 heterocycles. The maximum Gasteiger partial charge on any atom is 0.307 e. The normalized spacial score (nSPS) is 37.0. The molecule has 4 nitrogen and oxygen atoms in total. The van der Waals surface area contributed by atoms with Gasteiger partial charge in [-0.3, -0.25) is 9.59 Å². The predicted molar refractivity (Wildman–Crippen MR) is 77.1 cm³/mol. The third kappa shape index (κ3) is 3.33. The van der Waals surface area contributed by atoms with E-state index in [0.29, 0.717) is 24.2 Å². The molecule has 0 bridgehead atoms. The number of aliphatic carboxylic acids is 1. The number of amides is 1. The van der Waals surface area contributed by atoms with Gasteiger partial charge in [-0.15, -0.1) is 0 Å². The minimum Gasteiger partial charge on any atom is -0.481 e. The van der Waals surface area contributed by atoms with Crippen LogP contribution in [0.15, 0.2) is 0 Å². The second kappa shape index (κ2) is 6.59. The molecular weight excluding hydrogens is 254 g/mol. The summed E-state index contributed by atoms with van der Waals surface area (Å²) in [7, 11) is 0. The molecule has 0 aliphatic heterocycles. The van der Waals surface area contributed by atoms with Gasteiger partial charge in [-0.2, -0.15) is 0 Å². The molecule has 0 spiro atoms. The van der Waals surface area contributed by atoms with Crippen LogP contribution in [0.5, 0.6) is 0 Å². The lowest BCUT2D eigenvalue weighted by atomic mass is 9.94. The van der Waals surface area contributed by atoms with Gasteiger partial charge in [-0.25, -0.2) is 0 Å². The first-order chi connectivity index (χ1) is 9.52. The number of hydrogen-bond donors (Lipinski definition) is 2. The SMILES string of the molecule is CCC1C[C@H](C(=O)NCC2CCCC2C)[C@H](C(=O)O)C1. The molecular formula is C16H27NO3. The predicted octanol–water partition coefficient (Wildman–Crippen LogP) is 2.68. The van der Waals surface area contributed by atoms with Gasteiger partial charge >= 0.3 is 5.97 Å². The summed E-state index contributed by atoms with van der Waals surface area (Å²) in [6.45, 7) is 5.04. The first kappa shape index (κ1) is 15.3. The third-order valence-corrected chi connectivity index (χ3v) is 5.47. The van der Waals surface area contributed by atoms with Crippen molar-refractivity contribution in [2.75, 3.05) is 6.54 Å². The van der Waals surface area contributed by atoms with E-state index in [4.69, 9.17) is 0 Å². The summed E-state index contributed by atoms with van der Waals surface area (Å²) in [5.74, 6) is -0.0155. The Morgan fingerprint density at radius 3 is 2.45 bits per heavy atom. The number of carboxylic acid groups (broad SMARTS) is 1. The lowest BCUT2D eigenvalue weighted by Crippen LogP contribution is -2.38. The van der Waals surface area contributed by atoms with Gasteiger partial charge < -0.3 is 10.4 Å². The van der Waals surface area contributed by atoms with E-state index in [1.165, 1.54) is 19.3 Å². The van der Waals surface area contributed by atoms with Crippen molar-refractivity contribution in [1.82, 2.24) is 5.32 Å². The summed E-state index contributed by atoms with van der Waals surface area (Å²) in [6.07, 6.45) is 6.04. The van der Waals surface area contributed by atoms with E-state index in [9.17, 15) is 14.7 Å². The van der Waals surface area contributed by atoms with E-state index in [2.05, 4.69) is 19.2 Å². The maximum absolute atomic E-state index is 12.3. The van der Waals surface area contributed by atoms with Crippen LogP contribution in [0.2, 0.25) is 0 Å². The van der Waals surface area contributed by atoms with Gasteiger partial charge in [0.2, 0.25) is 5.91 Å². The van der Waals surface area contributed by atoms with Crippen LogP contribution in [0, 0.1) is 29.6 Å². The number of carbonyl (C=O) groups is 2. The highest BCUT2D eigenvalue weighted by molar-refractivity contribution is 5.85. The summed E-state index contributed by atoms with van der Waals surface area (Å²) in [5, 5.41) is 12.3. The van der Waals surface area contributed by atoms with Crippen LogP contribution in [0.25, 0.3) is 0 Å². The lowest BCUT2D eigenvalue weighted by Gasteiger charge is -2.19. The van der Waals surface area contributed by atoms with E-state index >= 15 is 0 Å². The summed E-state index contributed by atoms with van der Waals surface area (Å²) in [5.41, 5.74) is 0. The molecule has 2 aliphatic carbocycles. The standard InChI is InChI=1S/C16H27NO3/c1-3-11-7-13(14(8-11)16(19)20)15(18)17-9-12-6-4-5-10(12)2/h10-14H,3-9H2,1-2H3,(H,17,18)(H,19,20)/t10?,11?,12?,13-,14+/m0/s1. The summed E-state index contributed by atoms with van der Waals surface area (Å²) in [4.78, 5) is 23.6. The fraction of sp³-hybridized carbons (Fsp3) is 0.875. The zero-order valence-electron chi connectivity index (χ0n) is 12.6. The van der Waals surface area contributed by atoms with Crippen LogP contribution in [-0.2, 0) is 9.59 Å². The first-order valence-electron chi connectivity index (χ1n) is 8.03. The molecule has 0 aromatic carbocycles. The Morgan fingerprint density at radius 1 is 1.20 bits per heavy atom. The van der Waals surface area contributed by atoms with Crippen molar-refractivity contribution in [2.24, 2.45) is 29.6 Å². The monoisotopic (exact) mass is 281 g/mol. The summed E-state index contributed by atoms with van der Waals surface area (Å²) in [6, 6.07) is 0. The minimum atomic E-state index is -0.810. The number of rotatable bonds is 5. The third-order valence-electron chi connectivity index (χ3n) is 5.47. The zero-order valence-corrected chi connectivity index (χ0v) is 12.6. The number of hydrogen-bond acceptors (Lipinski definition) is 2. The van der Waals surface area contributed by atoms with Gasteiger partial charge in [0, 0.05) is 6.54 Å². The average molecular weight is 281 g/mol. The van der Waals surface area contributed by atoms with Crippen LogP contribution in [0.4, 0.5) is 0 Å².